The van der Waals surface area contributed by atoms with Crippen LogP contribution in [-0.4, -0.2) is 16.5 Å². The fourth-order valence-corrected chi connectivity index (χ4v) is 2.95. The number of halogens is 1. The number of nitrogens with zero attached hydrogens (tertiary/aromatic N) is 2. The molecular formula is C15H18ClN3S. The molecule has 0 atom stereocenters. The molecule has 1 aromatic carbocycles. The molecule has 5 heteroatoms. The maximum absolute atomic E-state index is 6.32. The summed E-state index contributed by atoms with van der Waals surface area (Å²) in [7, 11) is 0. The Morgan fingerprint density at radius 2 is 2.15 bits per heavy atom. The van der Waals surface area contributed by atoms with Gasteiger partial charge in [0.2, 0.25) is 0 Å². The third-order valence-corrected chi connectivity index (χ3v) is 4.11. The summed E-state index contributed by atoms with van der Waals surface area (Å²) < 4.78 is 0. The minimum atomic E-state index is 0.621. The molecule has 0 saturated carbocycles. The Labute approximate surface area is 129 Å². The Balaban J connectivity index is 2.13. The summed E-state index contributed by atoms with van der Waals surface area (Å²) in [5.41, 5.74) is 1.12. The molecular weight excluding hydrogens is 290 g/mol. The van der Waals surface area contributed by atoms with Crippen LogP contribution in [0, 0.1) is 5.92 Å². The zero-order valence-electron chi connectivity index (χ0n) is 11.6. The molecule has 1 N–H and O–H groups in total. The number of benzene rings is 1. The molecule has 20 heavy (non-hydrogen) atoms. The highest BCUT2D eigenvalue weighted by molar-refractivity contribution is 7.99. The second-order valence-corrected chi connectivity index (χ2v) is 6.36. The molecule has 0 saturated heterocycles. The van der Waals surface area contributed by atoms with E-state index in [-0.39, 0.29) is 0 Å². The first kappa shape index (κ1) is 15.3. The van der Waals surface area contributed by atoms with E-state index in [1.54, 1.807) is 24.3 Å². The van der Waals surface area contributed by atoms with Crippen LogP contribution in [0.1, 0.15) is 19.4 Å². The van der Waals surface area contributed by atoms with Crippen LogP contribution in [0.25, 0.3) is 0 Å². The van der Waals surface area contributed by atoms with Crippen molar-refractivity contribution in [3.63, 3.8) is 0 Å². The van der Waals surface area contributed by atoms with Crippen LogP contribution in [0.5, 0.6) is 0 Å². The SMILES string of the molecule is CC(C)CNCc1c(Cl)cccc1Sc1ccncn1. The van der Waals surface area contributed by atoms with Crippen molar-refractivity contribution in [2.24, 2.45) is 5.92 Å². The zero-order chi connectivity index (χ0) is 14.4. The van der Waals surface area contributed by atoms with Gasteiger partial charge in [-0.25, -0.2) is 9.97 Å². The molecule has 0 aliphatic rings. The molecule has 3 nitrogen and oxygen atoms in total. The van der Waals surface area contributed by atoms with E-state index in [4.69, 9.17) is 11.6 Å². The molecule has 0 spiro atoms. The monoisotopic (exact) mass is 307 g/mol. The Morgan fingerprint density at radius 1 is 1.30 bits per heavy atom. The maximum Gasteiger partial charge on any atom is 0.116 e. The van der Waals surface area contributed by atoms with Crippen molar-refractivity contribution < 1.29 is 0 Å². The van der Waals surface area contributed by atoms with Gasteiger partial charge in [0.25, 0.3) is 0 Å². The zero-order valence-corrected chi connectivity index (χ0v) is 13.2. The van der Waals surface area contributed by atoms with Gasteiger partial charge in [0, 0.05) is 22.7 Å². The second kappa shape index (κ2) is 7.62. The topological polar surface area (TPSA) is 37.8 Å². The molecule has 2 rings (SSSR count). The van der Waals surface area contributed by atoms with Crippen molar-refractivity contribution in [1.82, 2.24) is 15.3 Å². The van der Waals surface area contributed by atoms with E-state index in [9.17, 15) is 0 Å². The van der Waals surface area contributed by atoms with Gasteiger partial charge in [-0.3, -0.25) is 0 Å². The number of nitrogens with one attached hydrogen (secondary N) is 1. The second-order valence-electron chi connectivity index (χ2n) is 4.89. The number of hydrogen-bond acceptors (Lipinski definition) is 4. The van der Waals surface area contributed by atoms with Crippen LogP contribution in [0.15, 0.2) is 46.7 Å². The fraction of sp³-hybridized carbons (Fsp3) is 0.333. The van der Waals surface area contributed by atoms with E-state index < -0.39 is 0 Å². The molecule has 0 aliphatic heterocycles. The smallest absolute Gasteiger partial charge is 0.116 e. The highest BCUT2D eigenvalue weighted by atomic mass is 35.5. The van der Waals surface area contributed by atoms with Gasteiger partial charge in [-0.1, -0.05) is 43.3 Å². The molecule has 0 unspecified atom stereocenters. The van der Waals surface area contributed by atoms with Crippen LogP contribution in [0.2, 0.25) is 5.02 Å². The molecule has 2 aromatic rings. The molecule has 1 heterocycles. The number of aromatic nitrogens is 2. The predicted molar refractivity (Wildman–Crippen MR) is 84.2 cm³/mol. The lowest BCUT2D eigenvalue weighted by Gasteiger charge is -2.13. The van der Waals surface area contributed by atoms with Crippen molar-refractivity contribution in [2.75, 3.05) is 6.54 Å². The van der Waals surface area contributed by atoms with Crippen LogP contribution >= 0.6 is 23.4 Å². The maximum atomic E-state index is 6.32. The number of rotatable bonds is 6. The number of hydrogen-bond donors (Lipinski definition) is 1. The Bertz CT molecular complexity index is 546. The molecule has 1 aromatic heterocycles. The summed E-state index contributed by atoms with van der Waals surface area (Å²) in [6, 6.07) is 7.87. The van der Waals surface area contributed by atoms with Gasteiger partial charge in [-0.05, 0) is 36.2 Å². The van der Waals surface area contributed by atoms with Crippen molar-refractivity contribution in [3.05, 3.63) is 47.4 Å². The van der Waals surface area contributed by atoms with E-state index in [1.807, 2.05) is 18.2 Å². The van der Waals surface area contributed by atoms with Crippen LogP contribution in [0.3, 0.4) is 0 Å². The van der Waals surface area contributed by atoms with E-state index in [1.165, 1.54) is 0 Å². The normalized spacial score (nSPS) is 11.0. The van der Waals surface area contributed by atoms with Crippen molar-refractivity contribution in [3.8, 4) is 0 Å². The van der Waals surface area contributed by atoms with Gasteiger partial charge < -0.3 is 5.32 Å². The molecule has 0 aliphatic carbocycles. The third-order valence-electron chi connectivity index (χ3n) is 2.70. The lowest BCUT2D eigenvalue weighted by Crippen LogP contribution is -2.19. The lowest BCUT2D eigenvalue weighted by molar-refractivity contribution is 0.550. The minimum Gasteiger partial charge on any atom is -0.312 e. The van der Waals surface area contributed by atoms with E-state index >= 15 is 0 Å². The van der Waals surface area contributed by atoms with Gasteiger partial charge in [0.05, 0.1) is 0 Å². The first-order valence-corrected chi connectivity index (χ1v) is 7.78. The average Bonchev–Trinajstić information content (AvgIpc) is 2.43. The molecule has 0 fully saturated rings. The molecule has 0 radical (unpaired) electrons. The Hall–Kier alpha value is -1.10. The van der Waals surface area contributed by atoms with Gasteiger partial charge in [0.15, 0.2) is 0 Å². The summed E-state index contributed by atoms with van der Waals surface area (Å²) in [4.78, 5) is 9.31. The van der Waals surface area contributed by atoms with E-state index in [2.05, 4.69) is 35.2 Å². The largest absolute Gasteiger partial charge is 0.312 e. The first-order valence-electron chi connectivity index (χ1n) is 6.59. The summed E-state index contributed by atoms with van der Waals surface area (Å²) in [6.45, 7) is 6.13. The standard InChI is InChI=1S/C15H18ClN3S/c1-11(2)8-18-9-12-13(16)4-3-5-14(12)20-15-6-7-17-10-19-15/h3-7,10-11,18H,8-9H2,1-2H3. The van der Waals surface area contributed by atoms with Crippen molar-refractivity contribution >= 4 is 23.4 Å². The lowest BCUT2D eigenvalue weighted by atomic mass is 10.2. The first-order chi connectivity index (χ1) is 9.66. The van der Waals surface area contributed by atoms with Crippen LogP contribution in [-0.2, 0) is 6.54 Å². The molecule has 0 amide bonds. The van der Waals surface area contributed by atoms with E-state index in [0.29, 0.717) is 5.92 Å². The van der Waals surface area contributed by atoms with Crippen molar-refractivity contribution in [1.29, 1.82) is 0 Å². The third kappa shape index (κ3) is 4.47. The molecule has 0 bridgehead atoms. The van der Waals surface area contributed by atoms with Gasteiger partial charge in [-0.15, -0.1) is 0 Å². The Morgan fingerprint density at radius 3 is 2.85 bits per heavy atom. The summed E-state index contributed by atoms with van der Waals surface area (Å²) in [6.07, 6.45) is 3.31. The van der Waals surface area contributed by atoms with Gasteiger partial charge in [0.1, 0.15) is 11.4 Å². The highest BCUT2D eigenvalue weighted by Gasteiger charge is 2.09. The summed E-state index contributed by atoms with van der Waals surface area (Å²) in [5.74, 6) is 0.621. The molecule has 106 valence electrons. The van der Waals surface area contributed by atoms with Crippen molar-refractivity contribution in [2.45, 2.75) is 30.3 Å². The quantitative estimate of drug-likeness (QED) is 0.818. The van der Waals surface area contributed by atoms with Crippen LogP contribution in [0.4, 0.5) is 0 Å². The summed E-state index contributed by atoms with van der Waals surface area (Å²) >= 11 is 7.94. The fourth-order valence-electron chi connectivity index (χ4n) is 1.74. The Kier molecular flexibility index (Phi) is 5.83. The van der Waals surface area contributed by atoms with Gasteiger partial charge >= 0.3 is 0 Å². The predicted octanol–water partition coefficient (Wildman–Crippen LogP) is 4.03. The highest BCUT2D eigenvalue weighted by Crippen LogP contribution is 2.32. The van der Waals surface area contributed by atoms with Crippen LogP contribution < -0.4 is 5.32 Å². The van der Waals surface area contributed by atoms with E-state index in [0.717, 1.165) is 33.6 Å². The van der Waals surface area contributed by atoms with Gasteiger partial charge in [-0.2, -0.15) is 0 Å². The summed E-state index contributed by atoms with van der Waals surface area (Å²) in [5, 5.41) is 5.15. The average molecular weight is 308 g/mol. The minimum absolute atomic E-state index is 0.621.